The summed E-state index contributed by atoms with van der Waals surface area (Å²) >= 11 is 0. The van der Waals surface area contributed by atoms with Crippen LogP contribution in [-0.4, -0.2) is 19.6 Å². The fourth-order valence-corrected chi connectivity index (χ4v) is 1.31. The third-order valence-corrected chi connectivity index (χ3v) is 2.30. The molecule has 80 valence electrons. The maximum absolute atomic E-state index is 5.99. The SMILES string of the molecule is CCc1nc2ncc(C(C)(C)N)cn2n1. The summed E-state index contributed by atoms with van der Waals surface area (Å²) in [5.74, 6) is 1.43. The van der Waals surface area contributed by atoms with E-state index < -0.39 is 5.54 Å². The van der Waals surface area contributed by atoms with Gasteiger partial charge in [-0.3, -0.25) is 0 Å². The molecule has 0 fully saturated rings. The Morgan fingerprint density at radius 1 is 1.47 bits per heavy atom. The number of rotatable bonds is 2. The number of hydrogen-bond donors (Lipinski definition) is 1. The van der Waals surface area contributed by atoms with Crippen LogP contribution in [0.15, 0.2) is 12.4 Å². The Morgan fingerprint density at radius 2 is 2.20 bits per heavy atom. The second kappa shape index (κ2) is 3.27. The van der Waals surface area contributed by atoms with E-state index in [0.29, 0.717) is 5.78 Å². The maximum atomic E-state index is 5.99. The molecule has 0 saturated heterocycles. The molecule has 0 amide bonds. The highest BCUT2D eigenvalue weighted by Crippen LogP contribution is 2.15. The standard InChI is InChI=1S/C10H15N5/c1-4-8-13-9-12-5-7(10(2,3)11)6-15(9)14-8/h5-6H,4,11H2,1-3H3. The Bertz CT molecular complexity index is 480. The predicted octanol–water partition coefficient (Wildman–Crippen LogP) is 0.880. The Balaban J connectivity index is 2.55. The largest absolute Gasteiger partial charge is 0.322 e. The summed E-state index contributed by atoms with van der Waals surface area (Å²) in [6.07, 6.45) is 4.45. The van der Waals surface area contributed by atoms with Crippen LogP contribution >= 0.6 is 0 Å². The van der Waals surface area contributed by atoms with Crippen molar-refractivity contribution in [3.63, 3.8) is 0 Å². The highest BCUT2D eigenvalue weighted by Gasteiger charge is 2.16. The molecule has 0 atom stereocenters. The first-order chi connectivity index (χ1) is 7.00. The van der Waals surface area contributed by atoms with E-state index in [1.54, 1.807) is 10.7 Å². The molecule has 0 saturated carbocycles. The molecule has 0 aliphatic heterocycles. The Morgan fingerprint density at radius 3 is 2.80 bits per heavy atom. The maximum Gasteiger partial charge on any atom is 0.252 e. The molecule has 0 aromatic carbocycles. The normalized spacial score (nSPS) is 12.3. The molecule has 2 rings (SSSR count). The fraction of sp³-hybridized carbons (Fsp3) is 0.500. The molecule has 2 aromatic rings. The Kier molecular flexibility index (Phi) is 2.19. The summed E-state index contributed by atoms with van der Waals surface area (Å²) in [7, 11) is 0. The molecule has 15 heavy (non-hydrogen) atoms. The zero-order chi connectivity index (χ0) is 11.1. The van der Waals surface area contributed by atoms with Gasteiger partial charge >= 0.3 is 0 Å². The van der Waals surface area contributed by atoms with Gasteiger partial charge in [-0.15, -0.1) is 5.10 Å². The van der Waals surface area contributed by atoms with E-state index in [9.17, 15) is 0 Å². The van der Waals surface area contributed by atoms with E-state index >= 15 is 0 Å². The van der Waals surface area contributed by atoms with Gasteiger partial charge in [0.25, 0.3) is 5.78 Å². The molecule has 5 nitrogen and oxygen atoms in total. The molecule has 2 heterocycles. The first kappa shape index (κ1) is 10.0. The van der Waals surface area contributed by atoms with Crippen molar-refractivity contribution in [1.82, 2.24) is 19.6 Å². The van der Waals surface area contributed by atoms with E-state index in [-0.39, 0.29) is 0 Å². The van der Waals surface area contributed by atoms with E-state index in [4.69, 9.17) is 5.73 Å². The second-order valence-electron chi connectivity index (χ2n) is 4.19. The average molecular weight is 205 g/mol. The minimum atomic E-state index is -0.403. The molecule has 0 aliphatic carbocycles. The van der Waals surface area contributed by atoms with E-state index in [2.05, 4.69) is 15.1 Å². The minimum Gasteiger partial charge on any atom is -0.322 e. The zero-order valence-corrected chi connectivity index (χ0v) is 9.23. The predicted molar refractivity (Wildman–Crippen MR) is 57.4 cm³/mol. The summed E-state index contributed by atoms with van der Waals surface area (Å²) in [6.45, 7) is 5.89. The average Bonchev–Trinajstić information content (AvgIpc) is 2.57. The smallest absolute Gasteiger partial charge is 0.252 e. The molecule has 5 heteroatoms. The van der Waals surface area contributed by atoms with Gasteiger partial charge in [0.15, 0.2) is 5.82 Å². The Labute approximate surface area is 88.3 Å². The molecule has 2 N–H and O–H groups in total. The van der Waals surface area contributed by atoms with Crippen molar-refractivity contribution in [3.8, 4) is 0 Å². The van der Waals surface area contributed by atoms with Crippen molar-refractivity contribution in [3.05, 3.63) is 23.8 Å². The van der Waals surface area contributed by atoms with Crippen LogP contribution in [0.2, 0.25) is 0 Å². The van der Waals surface area contributed by atoms with Gasteiger partial charge < -0.3 is 5.73 Å². The van der Waals surface area contributed by atoms with E-state index in [0.717, 1.165) is 17.8 Å². The molecule has 0 aliphatic rings. The molecule has 2 aromatic heterocycles. The molecule has 0 unspecified atom stereocenters. The summed E-state index contributed by atoms with van der Waals surface area (Å²) < 4.78 is 1.68. The lowest BCUT2D eigenvalue weighted by atomic mass is 9.99. The number of nitrogens with zero attached hydrogens (tertiary/aromatic N) is 4. The van der Waals surface area contributed by atoms with Crippen LogP contribution in [0.4, 0.5) is 0 Å². The highest BCUT2D eigenvalue weighted by molar-refractivity contribution is 5.29. The highest BCUT2D eigenvalue weighted by atomic mass is 15.3. The molecule has 0 radical (unpaired) electrons. The van der Waals surface area contributed by atoms with Gasteiger partial charge in [-0.1, -0.05) is 6.92 Å². The molecular formula is C10H15N5. The number of aryl methyl sites for hydroxylation is 1. The van der Waals surface area contributed by atoms with Gasteiger partial charge in [0, 0.05) is 29.9 Å². The van der Waals surface area contributed by atoms with Gasteiger partial charge in [0.2, 0.25) is 0 Å². The Hall–Kier alpha value is -1.49. The van der Waals surface area contributed by atoms with E-state index in [1.165, 1.54) is 0 Å². The summed E-state index contributed by atoms with van der Waals surface area (Å²) in [6, 6.07) is 0. The van der Waals surface area contributed by atoms with Gasteiger partial charge in [-0.25, -0.2) is 9.50 Å². The van der Waals surface area contributed by atoms with Crippen LogP contribution in [0.5, 0.6) is 0 Å². The van der Waals surface area contributed by atoms with Gasteiger partial charge in [0.1, 0.15) is 0 Å². The number of aromatic nitrogens is 4. The van der Waals surface area contributed by atoms with Gasteiger partial charge in [-0.2, -0.15) is 4.98 Å². The van der Waals surface area contributed by atoms with Crippen molar-refractivity contribution in [2.75, 3.05) is 0 Å². The zero-order valence-electron chi connectivity index (χ0n) is 9.23. The third kappa shape index (κ3) is 1.83. The van der Waals surface area contributed by atoms with Crippen LogP contribution in [0, 0.1) is 0 Å². The second-order valence-corrected chi connectivity index (χ2v) is 4.19. The quantitative estimate of drug-likeness (QED) is 0.790. The first-order valence-electron chi connectivity index (χ1n) is 5.01. The molecule has 0 bridgehead atoms. The first-order valence-corrected chi connectivity index (χ1v) is 5.01. The summed E-state index contributed by atoms with van der Waals surface area (Å²) in [5, 5.41) is 4.29. The van der Waals surface area contributed by atoms with Gasteiger partial charge in [0.05, 0.1) is 0 Å². The number of fused-ring (bicyclic) bond motifs is 1. The van der Waals surface area contributed by atoms with Crippen molar-refractivity contribution in [2.24, 2.45) is 5.73 Å². The molecule has 0 spiro atoms. The van der Waals surface area contributed by atoms with Crippen molar-refractivity contribution >= 4 is 5.78 Å². The third-order valence-electron chi connectivity index (χ3n) is 2.30. The monoisotopic (exact) mass is 205 g/mol. The molecular weight excluding hydrogens is 190 g/mol. The summed E-state index contributed by atoms with van der Waals surface area (Å²) in [4.78, 5) is 8.48. The number of nitrogens with two attached hydrogens (primary N) is 1. The topological polar surface area (TPSA) is 69.1 Å². The van der Waals surface area contributed by atoms with Crippen molar-refractivity contribution in [2.45, 2.75) is 32.7 Å². The lowest BCUT2D eigenvalue weighted by molar-refractivity contribution is 0.546. The van der Waals surface area contributed by atoms with Crippen LogP contribution in [0.3, 0.4) is 0 Å². The van der Waals surface area contributed by atoms with Crippen LogP contribution in [-0.2, 0) is 12.0 Å². The van der Waals surface area contributed by atoms with Crippen molar-refractivity contribution < 1.29 is 0 Å². The van der Waals surface area contributed by atoms with E-state index in [1.807, 2.05) is 27.0 Å². The summed E-state index contributed by atoms with van der Waals surface area (Å²) in [5.41, 5.74) is 6.53. The lowest BCUT2D eigenvalue weighted by Crippen LogP contribution is -2.29. The van der Waals surface area contributed by atoms with Gasteiger partial charge in [-0.05, 0) is 13.8 Å². The fourth-order valence-electron chi connectivity index (χ4n) is 1.31. The lowest BCUT2D eigenvalue weighted by Gasteiger charge is -2.17. The van der Waals surface area contributed by atoms with Crippen LogP contribution in [0.25, 0.3) is 5.78 Å². The van der Waals surface area contributed by atoms with Crippen LogP contribution < -0.4 is 5.73 Å². The number of hydrogen-bond acceptors (Lipinski definition) is 4. The van der Waals surface area contributed by atoms with Crippen molar-refractivity contribution in [1.29, 1.82) is 0 Å². The van der Waals surface area contributed by atoms with Crippen LogP contribution in [0.1, 0.15) is 32.2 Å². The minimum absolute atomic E-state index is 0.403.